The van der Waals surface area contributed by atoms with E-state index in [-0.39, 0.29) is 11.9 Å². The van der Waals surface area contributed by atoms with Gasteiger partial charge in [0.25, 0.3) is 7.52 Å². The van der Waals surface area contributed by atoms with Gasteiger partial charge in [0.05, 0.1) is 19.8 Å². The van der Waals surface area contributed by atoms with E-state index in [1.165, 1.54) is 12.8 Å². The normalized spacial score (nSPS) is 30.9. The average Bonchev–Trinajstić information content (AvgIpc) is 3.07. The highest BCUT2D eigenvalue weighted by Crippen LogP contribution is 2.52. The van der Waals surface area contributed by atoms with Crippen LogP contribution in [0.1, 0.15) is 71.6 Å². The minimum atomic E-state index is -3.15. The molecule has 0 N–H and O–H groups in total. The molecule has 1 aliphatic heterocycles. The molecular weight excluding hydrogens is 365 g/mol. The third kappa shape index (κ3) is 5.14. The minimum absolute atomic E-state index is 0.00282. The Bertz CT molecular complexity index is 545. The molecule has 7 heteroatoms. The predicted octanol–water partition coefficient (Wildman–Crippen LogP) is 4.58. The number of nitrogens with zero attached hydrogens (tertiary/aromatic N) is 1. The number of ether oxygens (including phenoxy) is 2. The zero-order valence-electron chi connectivity index (χ0n) is 17.2. The van der Waals surface area contributed by atoms with Gasteiger partial charge in [-0.25, -0.2) is 0 Å². The second kappa shape index (κ2) is 8.94. The van der Waals surface area contributed by atoms with Crippen molar-refractivity contribution >= 4 is 13.4 Å². The zero-order chi connectivity index (χ0) is 19.5. The fourth-order valence-corrected chi connectivity index (χ4v) is 6.87. The largest absolute Gasteiger partial charge is 0.348 e. The number of carbonyl (C=O) groups excluding carboxylic acids is 1. The van der Waals surface area contributed by atoms with E-state index in [0.29, 0.717) is 32.2 Å². The highest BCUT2D eigenvalue weighted by molar-refractivity contribution is 7.56. The molecule has 2 aliphatic carbocycles. The maximum absolute atomic E-state index is 13.3. The van der Waals surface area contributed by atoms with Crippen LogP contribution in [0.15, 0.2) is 0 Å². The van der Waals surface area contributed by atoms with E-state index in [1.807, 2.05) is 6.92 Å². The second-order valence-electron chi connectivity index (χ2n) is 8.63. The molecule has 0 bridgehead atoms. The van der Waals surface area contributed by atoms with E-state index in [4.69, 9.17) is 14.0 Å². The second-order valence-corrected chi connectivity index (χ2v) is 10.9. The summed E-state index contributed by atoms with van der Waals surface area (Å²) >= 11 is 0. The molecule has 1 spiro atoms. The highest BCUT2D eigenvalue weighted by atomic mass is 31.2. The van der Waals surface area contributed by atoms with Crippen LogP contribution >= 0.6 is 7.52 Å². The van der Waals surface area contributed by atoms with Crippen LogP contribution in [0.3, 0.4) is 0 Å². The zero-order valence-corrected chi connectivity index (χ0v) is 18.0. The molecule has 0 radical (unpaired) electrons. The lowest BCUT2D eigenvalue weighted by atomic mass is 9.81. The summed E-state index contributed by atoms with van der Waals surface area (Å²) in [6.45, 7) is 7.34. The number of rotatable bonds is 6. The van der Waals surface area contributed by atoms with Crippen LogP contribution in [0.4, 0.5) is 0 Å². The van der Waals surface area contributed by atoms with Crippen LogP contribution < -0.4 is 0 Å². The maximum atomic E-state index is 13.3. The molecule has 0 aromatic heterocycles. The average molecular weight is 401 g/mol. The summed E-state index contributed by atoms with van der Waals surface area (Å²) in [6.07, 6.45) is 8.05. The molecule has 3 aliphatic rings. The van der Waals surface area contributed by atoms with Crippen molar-refractivity contribution in [3.05, 3.63) is 0 Å². The molecule has 1 unspecified atom stereocenters. The SMILES string of the molecule is CCOP(C)(=O)N(C(=O)CC1CCC(C)CC1)C1CCC2(CC1)OCCO2. The van der Waals surface area contributed by atoms with E-state index in [0.717, 1.165) is 44.4 Å². The number of carbonyl (C=O) groups is 1. The Kier molecular flexibility index (Phi) is 7.05. The van der Waals surface area contributed by atoms with Crippen LogP contribution in [-0.4, -0.2) is 48.9 Å². The van der Waals surface area contributed by atoms with Crippen LogP contribution in [0.5, 0.6) is 0 Å². The molecule has 3 rings (SSSR count). The van der Waals surface area contributed by atoms with E-state index in [9.17, 15) is 9.36 Å². The van der Waals surface area contributed by atoms with Crippen LogP contribution in [-0.2, 0) is 23.4 Å². The standard InChI is InChI=1S/C20H36NO5P/c1-4-26-27(3,23)21(19(22)15-17-7-5-16(2)6-8-17)18-9-11-20(12-10-18)24-13-14-25-20/h16-18H,4-15H2,1-3H3. The van der Waals surface area contributed by atoms with E-state index in [1.54, 1.807) is 11.3 Å². The Balaban J connectivity index is 1.67. The lowest BCUT2D eigenvalue weighted by Crippen LogP contribution is -2.45. The summed E-state index contributed by atoms with van der Waals surface area (Å²) in [6, 6.07) is -0.0548. The summed E-state index contributed by atoms with van der Waals surface area (Å²) in [4.78, 5) is 13.2. The van der Waals surface area contributed by atoms with Crippen molar-refractivity contribution in [1.82, 2.24) is 4.67 Å². The first kappa shape index (κ1) is 21.3. The minimum Gasteiger partial charge on any atom is -0.348 e. The molecule has 2 saturated carbocycles. The summed E-state index contributed by atoms with van der Waals surface area (Å²) in [5, 5.41) is 0. The number of hydrogen-bond acceptors (Lipinski definition) is 5. The third-order valence-electron chi connectivity index (χ3n) is 6.49. The molecule has 27 heavy (non-hydrogen) atoms. The van der Waals surface area contributed by atoms with Crippen molar-refractivity contribution in [2.75, 3.05) is 26.5 Å². The molecule has 0 aromatic rings. The maximum Gasteiger partial charge on any atom is 0.295 e. The smallest absolute Gasteiger partial charge is 0.295 e. The molecule has 0 aromatic carbocycles. The number of hydrogen-bond donors (Lipinski definition) is 0. The highest BCUT2D eigenvalue weighted by Gasteiger charge is 2.45. The molecule has 3 fully saturated rings. The van der Waals surface area contributed by atoms with Gasteiger partial charge in [-0.15, -0.1) is 0 Å². The van der Waals surface area contributed by atoms with E-state index < -0.39 is 13.3 Å². The monoisotopic (exact) mass is 401 g/mol. The van der Waals surface area contributed by atoms with Crippen molar-refractivity contribution in [3.8, 4) is 0 Å². The fraction of sp³-hybridized carbons (Fsp3) is 0.950. The van der Waals surface area contributed by atoms with Gasteiger partial charge in [0, 0.05) is 32.0 Å². The quantitative estimate of drug-likeness (QED) is 0.610. The van der Waals surface area contributed by atoms with Gasteiger partial charge in [-0.05, 0) is 44.4 Å². The Morgan fingerprint density at radius 1 is 1.11 bits per heavy atom. The van der Waals surface area contributed by atoms with E-state index >= 15 is 0 Å². The Labute approximate surface area is 163 Å². The van der Waals surface area contributed by atoms with Gasteiger partial charge in [0.2, 0.25) is 5.91 Å². The van der Waals surface area contributed by atoms with Gasteiger partial charge in [-0.3, -0.25) is 14.0 Å². The van der Waals surface area contributed by atoms with Crippen molar-refractivity contribution in [2.24, 2.45) is 11.8 Å². The molecule has 6 nitrogen and oxygen atoms in total. The Morgan fingerprint density at radius 2 is 1.70 bits per heavy atom. The topological polar surface area (TPSA) is 65.1 Å². The summed E-state index contributed by atoms with van der Waals surface area (Å²) in [5.41, 5.74) is 0. The molecule has 1 atom stereocenters. The first-order valence-electron chi connectivity index (χ1n) is 10.7. The third-order valence-corrected chi connectivity index (χ3v) is 8.56. The fourth-order valence-electron chi connectivity index (χ4n) is 4.95. The van der Waals surface area contributed by atoms with Gasteiger partial charge in [0.15, 0.2) is 5.79 Å². The lowest BCUT2D eigenvalue weighted by Gasteiger charge is -2.42. The summed E-state index contributed by atoms with van der Waals surface area (Å²) in [7, 11) is -3.15. The van der Waals surface area contributed by atoms with Crippen LogP contribution in [0, 0.1) is 11.8 Å². The first-order valence-corrected chi connectivity index (χ1v) is 12.7. The summed E-state index contributed by atoms with van der Waals surface area (Å²) < 4.78 is 32.1. The predicted molar refractivity (Wildman–Crippen MR) is 105 cm³/mol. The van der Waals surface area contributed by atoms with Gasteiger partial charge in [0.1, 0.15) is 0 Å². The van der Waals surface area contributed by atoms with Gasteiger partial charge < -0.3 is 14.0 Å². The summed E-state index contributed by atoms with van der Waals surface area (Å²) in [5.74, 6) is 0.694. The molecular formula is C20H36NO5P. The van der Waals surface area contributed by atoms with E-state index in [2.05, 4.69) is 6.92 Å². The Hall–Kier alpha value is -0.420. The molecule has 1 saturated heterocycles. The first-order chi connectivity index (χ1) is 12.9. The van der Waals surface area contributed by atoms with Gasteiger partial charge in [-0.2, -0.15) is 0 Å². The molecule has 1 heterocycles. The van der Waals surface area contributed by atoms with Gasteiger partial charge in [-0.1, -0.05) is 19.8 Å². The van der Waals surface area contributed by atoms with Gasteiger partial charge >= 0.3 is 0 Å². The van der Waals surface area contributed by atoms with Crippen molar-refractivity contribution in [3.63, 3.8) is 0 Å². The van der Waals surface area contributed by atoms with Crippen molar-refractivity contribution in [1.29, 1.82) is 0 Å². The Morgan fingerprint density at radius 3 is 2.26 bits per heavy atom. The van der Waals surface area contributed by atoms with Crippen molar-refractivity contribution in [2.45, 2.75) is 83.5 Å². The molecule has 1 amide bonds. The van der Waals surface area contributed by atoms with Crippen molar-refractivity contribution < 1.29 is 23.4 Å². The molecule has 156 valence electrons. The van der Waals surface area contributed by atoms with Crippen LogP contribution in [0.2, 0.25) is 0 Å². The van der Waals surface area contributed by atoms with Crippen LogP contribution in [0.25, 0.3) is 0 Å². The lowest BCUT2D eigenvalue weighted by molar-refractivity contribution is -0.183. The number of amides is 1.